The van der Waals surface area contributed by atoms with Crippen molar-refractivity contribution in [2.75, 3.05) is 45.2 Å². The van der Waals surface area contributed by atoms with Gasteiger partial charge in [-0.2, -0.15) is 0 Å². The number of anilines is 1. The topological polar surface area (TPSA) is 58.1 Å². The molecule has 1 rings (SSSR count). The van der Waals surface area contributed by atoms with E-state index >= 15 is 0 Å². The van der Waals surface area contributed by atoms with Gasteiger partial charge in [-0.05, 0) is 46.0 Å². The van der Waals surface area contributed by atoms with Crippen molar-refractivity contribution in [2.45, 2.75) is 40.7 Å². The highest BCUT2D eigenvalue weighted by Crippen LogP contribution is 2.30. The van der Waals surface area contributed by atoms with Crippen LogP contribution in [0.5, 0.6) is 11.5 Å². The van der Waals surface area contributed by atoms with E-state index in [1.54, 1.807) is 7.11 Å². The molecule has 142 valence electrons. The summed E-state index contributed by atoms with van der Waals surface area (Å²) in [6.45, 7) is 14.8. The van der Waals surface area contributed by atoms with Gasteiger partial charge in [0.1, 0.15) is 0 Å². The highest BCUT2D eigenvalue weighted by atomic mass is 16.5. The highest BCUT2D eigenvalue weighted by molar-refractivity contribution is 5.93. The second-order valence-corrected chi connectivity index (χ2v) is 5.71. The van der Waals surface area contributed by atoms with Gasteiger partial charge in [-0.25, -0.2) is 0 Å². The van der Waals surface area contributed by atoms with E-state index in [9.17, 15) is 0 Å². The number of rotatable bonds is 10. The second-order valence-electron chi connectivity index (χ2n) is 5.71. The maximum atomic E-state index is 5.56. The van der Waals surface area contributed by atoms with Gasteiger partial charge in [-0.1, -0.05) is 13.8 Å². The van der Waals surface area contributed by atoms with E-state index in [0.29, 0.717) is 18.4 Å². The molecule has 1 unspecified atom stereocenters. The fourth-order valence-electron chi connectivity index (χ4n) is 2.65. The Bertz CT molecular complexity index is 530. The Kier molecular flexibility index (Phi) is 9.77. The summed E-state index contributed by atoms with van der Waals surface area (Å²) in [6.07, 6.45) is 0. The Hall–Kier alpha value is -1.95. The summed E-state index contributed by atoms with van der Waals surface area (Å²) < 4.78 is 11.0. The van der Waals surface area contributed by atoms with Gasteiger partial charge in [0.15, 0.2) is 17.5 Å². The minimum absolute atomic E-state index is 0.403. The van der Waals surface area contributed by atoms with E-state index in [1.165, 1.54) is 0 Å². The number of hydrogen-bond acceptors (Lipinski definition) is 4. The number of methoxy groups -OCH3 is 1. The van der Waals surface area contributed by atoms with Crippen LogP contribution in [0.2, 0.25) is 0 Å². The zero-order chi connectivity index (χ0) is 18.7. The van der Waals surface area contributed by atoms with Crippen molar-refractivity contribution in [3.05, 3.63) is 18.2 Å². The van der Waals surface area contributed by atoms with Crippen LogP contribution in [-0.2, 0) is 0 Å². The smallest absolute Gasteiger partial charge is 0.195 e. The van der Waals surface area contributed by atoms with Gasteiger partial charge < -0.3 is 20.1 Å². The molecule has 1 aromatic rings. The van der Waals surface area contributed by atoms with E-state index in [4.69, 9.17) is 14.5 Å². The summed E-state index contributed by atoms with van der Waals surface area (Å²) in [5, 5.41) is 6.63. The monoisotopic (exact) mass is 350 g/mol. The lowest BCUT2D eigenvalue weighted by Gasteiger charge is -2.25. The van der Waals surface area contributed by atoms with Crippen LogP contribution >= 0.6 is 0 Å². The molecule has 1 aromatic carbocycles. The standard InChI is InChI=1S/C19H34N4O2/c1-7-20-19(21-14-15(5)23(8-2)9-3)22-16-11-12-17(25-10-4)18(13-16)24-6/h11-13,15H,7-10,14H2,1-6H3,(H2,20,21,22). The highest BCUT2D eigenvalue weighted by Gasteiger charge is 2.10. The first kappa shape index (κ1) is 21.1. The van der Waals surface area contributed by atoms with Crippen molar-refractivity contribution in [1.82, 2.24) is 10.2 Å². The Labute approximate surface area is 152 Å². The first-order valence-electron chi connectivity index (χ1n) is 9.19. The van der Waals surface area contributed by atoms with E-state index in [-0.39, 0.29) is 0 Å². The molecule has 0 amide bonds. The van der Waals surface area contributed by atoms with Crippen LogP contribution in [0.3, 0.4) is 0 Å². The fraction of sp³-hybridized carbons (Fsp3) is 0.632. The minimum atomic E-state index is 0.403. The molecule has 0 aromatic heterocycles. The maximum Gasteiger partial charge on any atom is 0.195 e. The third-order valence-corrected chi connectivity index (χ3v) is 4.02. The maximum absolute atomic E-state index is 5.56. The Morgan fingerprint density at radius 2 is 1.88 bits per heavy atom. The lowest BCUT2D eigenvalue weighted by molar-refractivity contribution is 0.237. The largest absolute Gasteiger partial charge is 0.493 e. The number of nitrogens with zero attached hydrogens (tertiary/aromatic N) is 2. The van der Waals surface area contributed by atoms with E-state index < -0.39 is 0 Å². The molecule has 6 heteroatoms. The second kappa shape index (κ2) is 11.6. The number of likely N-dealkylation sites (N-methyl/N-ethyl adjacent to an activating group) is 1. The van der Waals surface area contributed by atoms with Gasteiger partial charge in [0.25, 0.3) is 0 Å². The molecule has 0 spiro atoms. The predicted octanol–water partition coefficient (Wildman–Crippen LogP) is 3.20. The molecule has 0 radical (unpaired) electrons. The van der Waals surface area contributed by atoms with Crippen molar-refractivity contribution in [3.63, 3.8) is 0 Å². The normalized spacial score (nSPS) is 12.8. The van der Waals surface area contributed by atoms with Gasteiger partial charge in [-0.3, -0.25) is 9.89 Å². The average molecular weight is 351 g/mol. The molecule has 0 fully saturated rings. The molecular formula is C19H34N4O2. The molecular weight excluding hydrogens is 316 g/mol. The van der Waals surface area contributed by atoms with Crippen LogP contribution in [0.4, 0.5) is 5.69 Å². The summed E-state index contributed by atoms with van der Waals surface area (Å²) in [5.41, 5.74) is 0.912. The lowest BCUT2D eigenvalue weighted by atomic mass is 10.2. The van der Waals surface area contributed by atoms with Crippen molar-refractivity contribution in [3.8, 4) is 11.5 Å². The molecule has 0 saturated carbocycles. The van der Waals surface area contributed by atoms with E-state index in [1.807, 2.05) is 25.1 Å². The van der Waals surface area contributed by atoms with E-state index in [2.05, 4.69) is 43.2 Å². The summed E-state index contributed by atoms with van der Waals surface area (Å²) in [7, 11) is 1.65. The molecule has 6 nitrogen and oxygen atoms in total. The molecule has 0 aliphatic carbocycles. The van der Waals surface area contributed by atoms with Gasteiger partial charge >= 0.3 is 0 Å². The zero-order valence-corrected chi connectivity index (χ0v) is 16.6. The van der Waals surface area contributed by atoms with Crippen molar-refractivity contribution in [1.29, 1.82) is 0 Å². The van der Waals surface area contributed by atoms with Gasteiger partial charge in [0, 0.05) is 24.3 Å². The third-order valence-electron chi connectivity index (χ3n) is 4.02. The number of guanidine groups is 1. The molecule has 0 aliphatic heterocycles. The van der Waals surface area contributed by atoms with Crippen LogP contribution in [0.15, 0.2) is 23.2 Å². The molecule has 0 heterocycles. The fourth-order valence-corrected chi connectivity index (χ4v) is 2.65. The van der Waals surface area contributed by atoms with Crippen LogP contribution in [0.1, 0.15) is 34.6 Å². The lowest BCUT2D eigenvalue weighted by Crippen LogP contribution is -2.37. The summed E-state index contributed by atoms with van der Waals surface area (Å²) in [6, 6.07) is 6.20. The van der Waals surface area contributed by atoms with Gasteiger partial charge in [0.05, 0.1) is 20.3 Å². The van der Waals surface area contributed by atoms with Crippen LogP contribution in [-0.4, -0.2) is 56.8 Å². The first-order chi connectivity index (χ1) is 12.1. The van der Waals surface area contributed by atoms with Crippen LogP contribution < -0.4 is 20.1 Å². The Morgan fingerprint density at radius 1 is 1.16 bits per heavy atom. The van der Waals surface area contributed by atoms with Crippen LogP contribution in [0.25, 0.3) is 0 Å². The molecule has 1 atom stereocenters. The number of nitrogens with one attached hydrogen (secondary N) is 2. The van der Waals surface area contributed by atoms with Crippen LogP contribution in [0, 0.1) is 0 Å². The number of aliphatic imine (C=N–C) groups is 1. The molecule has 2 N–H and O–H groups in total. The SMILES string of the molecule is CCNC(=NCC(C)N(CC)CC)Nc1ccc(OCC)c(OC)c1. The van der Waals surface area contributed by atoms with Gasteiger partial charge in [-0.15, -0.1) is 0 Å². The van der Waals surface area contributed by atoms with Crippen molar-refractivity contribution in [2.24, 2.45) is 4.99 Å². The van der Waals surface area contributed by atoms with Gasteiger partial charge in [0.2, 0.25) is 0 Å². The molecule has 25 heavy (non-hydrogen) atoms. The number of ether oxygens (including phenoxy) is 2. The molecule has 0 aliphatic rings. The summed E-state index contributed by atoms with van der Waals surface area (Å²) in [5.74, 6) is 2.22. The predicted molar refractivity (Wildman–Crippen MR) is 106 cm³/mol. The zero-order valence-electron chi connectivity index (χ0n) is 16.6. The Morgan fingerprint density at radius 3 is 2.44 bits per heavy atom. The van der Waals surface area contributed by atoms with E-state index in [0.717, 1.165) is 43.6 Å². The minimum Gasteiger partial charge on any atom is -0.493 e. The summed E-state index contributed by atoms with van der Waals surface area (Å²) >= 11 is 0. The number of benzene rings is 1. The summed E-state index contributed by atoms with van der Waals surface area (Å²) in [4.78, 5) is 7.12. The third kappa shape index (κ3) is 6.82. The quantitative estimate of drug-likeness (QED) is 0.501. The molecule has 0 bridgehead atoms. The Balaban J connectivity index is 2.84. The first-order valence-corrected chi connectivity index (χ1v) is 9.19. The van der Waals surface area contributed by atoms with Crippen molar-refractivity contribution >= 4 is 11.6 Å². The number of hydrogen-bond donors (Lipinski definition) is 2. The molecule has 0 saturated heterocycles. The average Bonchev–Trinajstić information content (AvgIpc) is 2.62. The van der Waals surface area contributed by atoms with Crippen molar-refractivity contribution < 1.29 is 9.47 Å².